The van der Waals surface area contributed by atoms with E-state index in [0.29, 0.717) is 22.0 Å². The molecule has 2 heterocycles. The van der Waals surface area contributed by atoms with Crippen LogP contribution in [0.1, 0.15) is 29.2 Å². The first kappa shape index (κ1) is 31.7. The molecule has 1 aliphatic carbocycles. The highest BCUT2D eigenvalue weighted by Gasteiger charge is 2.51. The van der Waals surface area contributed by atoms with Crippen molar-refractivity contribution >= 4 is 27.3 Å². The number of rotatable bonds is 8. The van der Waals surface area contributed by atoms with Gasteiger partial charge in [0.25, 0.3) is 5.09 Å². The summed E-state index contributed by atoms with van der Waals surface area (Å²) < 4.78 is 89.6. The molecule has 6 rings (SSSR count). The van der Waals surface area contributed by atoms with Gasteiger partial charge < -0.3 is 19.0 Å². The summed E-state index contributed by atoms with van der Waals surface area (Å²) in [5.41, 5.74) is -1.34. The second-order valence-electron chi connectivity index (χ2n) is 10.6. The number of ether oxygens (including phenoxy) is 3. The molecule has 3 aromatic rings. The number of halogens is 3. The number of allylic oxidation sites excluding steroid dienone is 4. The fourth-order valence-electron chi connectivity index (χ4n) is 5.78. The minimum atomic E-state index is -5.00. The van der Waals surface area contributed by atoms with Crippen LogP contribution in [0.5, 0.6) is 17.2 Å². The highest BCUT2D eigenvalue weighted by Crippen LogP contribution is 2.52. The Balaban J connectivity index is 1.61. The van der Waals surface area contributed by atoms with Crippen molar-refractivity contribution in [3.05, 3.63) is 123 Å². The summed E-state index contributed by atoms with van der Waals surface area (Å²) >= 11 is 0. The number of carbonyl (C=O) groups excluding carboxylic acids is 1. The predicted molar refractivity (Wildman–Crippen MR) is 161 cm³/mol. The van der Waals surface area contributed by atoms with Crippen molar-refractivity contribution in [2.75, 3.05) is 11.1 Å². The van der Waals surface area contributed by atoms with Gasteiger partial charge in [0.15, 0.2) is 11.5 Å². The van der Waals surface area contributed by atoms with E-state index in [1.807, 2.05) is 6.92 Å². The minimum Gasteiger partial charge on any atom is -0.453 e. The molecule has 3 aliphatic rings. The number of nitrogens with zero attached hydrogens (tertiary/aromatic N) is 2. The van der Waals surface area contributed by atoms with Gasteiger partial charge in [0.1, 0.15) is 23.3 Å². The maximum absolute atomic E-state index is 14.4. The van der Waals surface area contributed by atoms with E-state index in [1.165, 1.54) is 42.5 Å². The first-order valence-electron chi connectivity index (χ1n) is 14.2. The number of carbonyl (C=O) groups is 1. The highest BCUT2D eigenvalue weighted by atomic mass is 32.2. The quantitative estimate of drug-likeness (QED) is 0.123. The van der Waals surface area contributed by atoms with Crippen molar-refractivity contribution in [2.45, 2.75) is 31.4 Å². The largest absolute Gasteiger partial charge is 0.453 e. The fourth-order valence-corrected chi connectivity index (χ4v) is 7.77. The number of anilines is 1. The van der Waals surface area contributed by atoms with Crippen molar-refractivity contribution in [1.29, 1.82) is 0 Å². The maximum atomic E-state index is 14.4. The van der Waals surface area contributed by atoms with E-state index in [2.05, 4.69) is 4.84 Å². The van der Waals surface area contributed by atoms with E-state index < -0.39 is 55.4 Å². The normalized spacial score (nSPS) is 19.4. The van der Waals surface area contributed by atoms with Crippen molar-refractivity contribution in [3.63, 3.8) is 0 Å². The molecule has 0 saturated carbocycles. The molecule has 0 fully saturated rings. The standard InChI is InChI=1S/C32H25F3N2O9S/c1-2-20-13-16-23(30-29(20)43-18-44-30)27-22-7-3-6-10-26(22)47(41,42)36(25-9-5-4-8-24(25)32(33,34)35)28(27)31(38)46-21-14-11-19(12-15-21)17-45-37(39)40/h3-16,22,26H,2,17-18H2,1H3. The van der Waals surface area contributed by atoms with Gasteiger partial charge in [0.05, 0.1) is 11.3 Å². The van der Waals surface area contributed by atoms with E-state index in [4.69, 9.17) is 14.2 Å². The molecule has 0 radical (unpaired) electrons. The molecule has 15 heteroatoms. The highest BCUT2D eigenvalue weighted by molar-refractivity contribution is 7.94. The average molecular weight is 671 g/mol. The van der Waals surface area contributed by atoms with Crippen LogP contribution < -0.4 is 18.5 Å². The second kappa shape index (κ2) is 12.1. The monoisotopic (exact) mass is 670 g/mol. The molecule has 11 nitrogen and oxygen atoms in total. The molecular formula is C32H25F3N2O9S. The maximum Gasteiger partial charge on any atom is 0.418 e. The van der Waals surface area contributed by atoms with E-state index in [1.54, 1.807) is 24.3 Å². The van der Waals surface area contributed by atoms with Gasteiger partial charge in [-0.15, -0.1) is 10.1 Å². The Bertz CT molecular complexity index is 1950. The Morgan fingerprint density at radius 1 is 1.02 bits per heavy atom. The van der Waals surface area contributed by atoms with Crippen LogP contribution in [0.3, 0.4) is 0 Å². The number of hydrogen-bond acceptors (Lipinski definition) is 9. The van der Waals surface area contributed by atoms with Crippen LogP contribution in [-0.4, -0.2) is 31.5 Å². The minimum absolute atomic E-state index is 0.0489. The topological polar surface area (TPSA) is 135 Å². The van der Waals surface area contributed by atoms with E-state index in [-0.39, 0.29) is 36.0 Å². The lowest BCUT2D eigenvalue weighted by Crippen LogP contribution is -2.49. The van der Waals surface area contributed by atoms with E-state index >= 15 is 0 Å². The zero-order valence-electron chi connectivity index (χ0n) is 24.5. The molecule has 244 valence electrons. The lowest BCUT2D eigenvalue weighted by atomic mass is 9.84. The molecule has 2 atom stereocenters. The average Bonchev–Trinajstić information content (AvgIpc) is 3.54. The number of esters is 1. The first-order valence-corrected chi connectivity index (χ1v) is 15.7. The van der Waals surface area contributed by atoms with Crippen molar-refractivity contribution in [3.8, 4) is 17.2 Å². The molecule has 2 aliphatic heterocycles. The summed E-state index contributed by atoms with van der Waals surface area (Å²) in [5.74, 6) is -1.83. The Morgan fingerprint density at radius 3 is 2.43 bits per heavy atom. The first-order chi connectivity index (χ1) is 22.4. The number of fused-ring (bicyclic) bond motifs is 2. The summed E-state index contributed by atoms with van der Waals surface area (Å²) in [4.78, 5) is 29.2. The number of para-hydroxylation sites is 1. The molecular weight excluding hydrogens is 645 g/mol. The Labute approximate surface area is 266 Å². The fraction of sp³-hybridized carbons (Fsp3) is 0.219. The van der Waals surface area contributed by atoms with Gasteiger partial charge in [0, 0.05) is 17.1 Å². The number of hydrogen-bond donors (Lipinski definition) is 0. The third-order valence-electron chi connectivity index (χ3n) is 7.84. The molecule has 0 spiro atoms. The van der Waals surface area contributed by atoms with Crippen LogP contribution in [0.4, 0.5) is 18.9 Å². The molecule has 47 heavy (non-hydrogen) atoms. The van der Waals surface area contributed by atoms with E-state index in [0.717, 1.165) is 23.8 Å². The molecule has 0 amide bonds. The predicted octanol–water partition coefficient (Wildman–Crippen LogP) is 5.98. The van der Waals surface area contributed by atoms with Gasteiger partial charge in [-0.25, -0.2) is 17.5 Å². The molecule has 0 saturated heterocycles. The third kappa shape index (κ3) is 5.78. The van der Waals surface area contributed by atoms with Gasteiger partial charge in [0.2, 0.25) is 16.8 Å². The molecule has 2 unspecified atom stereocenters. The van der Waals surface area contributed by atoms with Crippen LogP contribution in [0.25, 0.3) is 5.57 Å². The molecule has 0 N–H and O–H groups in total. The van der Waals surface area contributed by atoms with Gasteiger partial charge in [-0.2, -0.15) is 13.2 Å². The smallest absolute Gasteiger partial charge is 0.418 e. The summed E-state index contributed by atoms with van der Waals surface area (Å²) in [7, 11) is -4.75. The summed E-state index contributed by atoms with van der Waals surface area (Å²) in [6.45, 7) is 1.34. The Kier molecular flexibility index (Phi) is 8.17. The van der Waals surface area contributed by atoms with Crippen LogP contribution in [0, 0.1) is 16.0 Å². The number of alkyl halides is 3. The third-order valence-corrected chi connectivity index (χ3v) is 9.86. The summed E-state index contributed by atoms with van der Waals surface area (Å²) in [5, 5.41) is 8.19. The van der Waals surface area contributed by atoms with Crippen molar-refractivity contribution < 1.29 is 50.5 Å². The molecule has 3 aromatic carbocycles. The van der Waals surface area contributed by atoms with Crippen LogP contribution in [0.2, 0.25) is 0 Å². The van der Waals surface area contributed by atoms with Crippen LogP contribution in [0.15, 0.2) is 90.7 Å². The van der Waals surface area contributed by atoms with Crippen LogP contribution in [-0.2, 0) is 38.9 Å². The number of sulfonamides is 1. The van der Waals surface area contributed by atoms with E-state index in [9.17, 15) is 36.5 Å². The number of benzene rings is 3. The molecule has 0 aromatic heterocycles. The van der Waals surface area contributed by atoms with Crippen LogP contribution >= 0.6 is 0 Å². The Hall–Kier alpha value is -5.31. The van der Waals surface area contributed by atoms with Gasteiger partial charge in [-0.3, -0.25) is 0 Å². The van der Waals surface area contributed by atoms with Gasteiger partial charge >= 0.3 is 12.1 Å². The van der Waals surface area contributed by atoms with Crippen molar-refractivity contribution in [1.82, 2.24) is 0 Å². The summed E-state index contributed by atoms with van der Waals surface area (Å²) in [6.07, 6.45) is 1.53. The lowest BCUT2D eigenvalue weighted by molar-refractivity contribution is -0.763. The van der Waals surface area contributed by atoms with Gasteiger partial charge in [-0.05, 0) is 41.8 Å². The molecule has 0 bridgehead atoms. The second-order valence-corrected chi connectivity index (χ2v) is 12.5. The zero-order valence-corrected chi connectivity index (χ0v) is 25.3. The lowest BCUT2D eigenvalue weighted by Gasteiger charge is -2.41. The Morgan fingerprint density at radius 2 is 1.72 bits per heavy atom. The zero-order chi connectivity index (χ0) is 33.5. The summed E-state index contributed by atoms with van der Waals surface area (Å²) in [6, 6.07) is 12.7. The SMILES string of the molecule is CCc1ccc(C2=C(C(=O)Oc3ccc(CO[N+](=O)[O-])cc3)N(c3ccccc3C(F)(F)F)S(=O)(=O)C3C=CC=CC23)c2c1OCO2. The van der Waals surface area contributed by atoms with Gasteiger partial charge in [-0.1, -0.05) is 67.6 Å². The van der Waals surface area contributed by atoms with Crippen molar-refractivity contribution in [2.24, 2.45) is 5.92 Å². The number of aryl methyl sites for hydroxylation is 1.